The number of carbonyl (C=O) groups excluding carboxylic acids is 2. The van der Waals surface area contributed by atoms with Crippen LogP contribution in [0, 0.1) is 6.92 Å². The number of carbonyl (C=O) groups is 2. The largest absolute Gasteiger partial charge is 0.381 e. The lowest BCUT2D eigenvalue weighted by molar-refractivity contribution is -0.158. The second-order valence-electron chi connectivity index (χ2n) is 4.59. The summed E-state index contributed by atoms with van der Waals surface area (Å²) in [5.41, 5.74) is -0.838. The van der Waals surface area contributed by atoms with Gasteiger partial charge in [-0.25, -0.2) is 0 Å². The van der Waals surface area contributed by atoms with E-state index in [0.29, 0.717) is 0 Å². The SMILES string of the molecule is CC1=CC(=O)[C@@](O)(c2ccc(C)cc2)[C@H](O)C1=O. The maximum atomic E-state index is 11.9. The highest BCUT2D eigenvalue weighted by Crippen LogP contribution is 2.32. The zero-order valence-corrected chi connectivity index (χ0v) is 10.2. The lowest BCUT2D eigenvalue weighted by Gasteiger charge is -2.33. The molecule has 2 N–H and O–H groups in total. The molecule has 0 radical (unpaired) electrons. The average molecular weight is 246 g/mol. The van der Waals surface area contributed by atoms with E-state index < -0.39 is 23.3 Å². The van der Waals surface area contributed by atoms with Crippen LogP contribution in [-0.2, 0) is 15.2 Å². The highest BCUT2D eigenvalue weighted by molar-refractivity contribution is 6.14. The van der Waals surface area contributed by atoms with E-state index in [1.54, 1.807) is 12.1 Å². The molecule has 1 aliphatic carbocycles. The smallest absolute Gasteiger partial charge is 0.195 e. The molecule has 0 saturated heterocycles. The third-order valence-electron chi connectivity index (χ3n) is 3.25. The lowest BCUT2D eigenvalue weighted by atomic mass is 9.76. The highest BCUT2D eigenvalue weighted by Gasteiger charge is 2.50. The predicted molar refractivity (Wildman–Crippen MR) is 64.9 cm³/mol. The molecule has 18 heavy (non-hydrogen) atoms. The van der Waals surface area contributed by atoms with Crippen molar-refractivity contribution in [3.8, 4) is 0 Å². The number of Topliss-reactive ketones (excluding diaryl/α,β-unsaturated/α-hetero) is 1. The van der Waals surface area contributed by atoms with Gasteiger partial charge in [-0.2, -0.15) is 0 Å². The minimum absolute atomic E-state index is 0.157. The molecular formula is C14H14O4. The molecule has 0 bridgehead atoms. The Bertz CT molecular complexity index is 541. The van der Waals surface area contributed by atoms with E-state index in [2.05, 4.69) is 0 Å². The van der Waals surface area contributed by atoms with Gasteiger partial charge in [0.25, 0.3) is 0 Å². The van der Waals surface area contributed by atoms with Gasteiger partial charge in [-0.1, -0.05) is 29.8 Å². The fraction of sp³-hybridized carbons (Fsp3) is 0.286. The fourth-order valence-electron chi connectivity index (χ4n) is 2.03. The van der Waals surface area contributed by atoms with Crippen molar-refractivity contribution in [1.29, 1.82) is 0 Å². The van der Waals surface area contributed by atoms with Crippen LogP contribution < -0.4 is 0 Å². The Morgan fingerprint density at radius 2 is 1.67 bits per heavy atom. The summed E-state index contributed by atoms with van der Waals surface area (Å²) in [6, 6.07) is 6.50. The number of ketones is 2. The molecule has 4 nitrogen and oxygen atoms in total. The summed E-state index contributed by atoms with van der Waals surface area (Å²) in [6.45, 7) is 3.31. The topological polar surface area (TPSA) is 74.6 Å². The van der Waals surface area contributed by atoms with Gasteiger partial charge in [-0.3, -0.25) is 9.59 Å². The summed E-state index contributed by atoms with van der Waals surface area (Å²) in [4.78, 5) is 23.6. The Hall–Kier alpha value is -1.78. The quantitative estimate of drug-likeness (QED) is 0.762. The van der Waals surface area contributed by atoms with Gasteiger partial charge < -0.3 is 10.2 Å². The first kappa shape index (κ1) is 12.7. The molecule has 94 valence electrons. The van der Waals surface area contributed by atoms with Crippen molar-refractivity contribution in [2.24, 2.45) is 0 Å². The molecule has 4 heteroatoms. The van der Waals surface area contributed by atoms with E-state index >= 15 is 0 Å². The zero-order chi connectivity index (χ0) is 13.5. The van der Waals surface area contributed by atoms with E-state index in [-0.39, 0.29) is 11.1 Å². The Labute approximate surface area is 105 Å². The number of aryl methyl sites for hydroxylation is 1. The molecule has 2 atom stereocenters. The van der Waals surface area contributed by atoms with Crippen molar-refractivity contribution in [3.63, 3.8) is 0 Å². The van der Waals surface area contributed by atoms with Gasteiger partial charge in [0.15, 0.2) is 23.3 Å². The maximum Gasteiger partial charge on any atom is 0.195 e. The molecule has 0 spiro atoms. The predicted octanol–water partition coefficient (Wildman–Crippen LogP) is 0.642. The van der Waals surface area contributed by atoms with Crippen LogP contribution in [0.2, 0.25) is 0 Å². The minimum Gasteiger partial charge on any atom is -0.381 e. The third-order valence-corrected chi connectivity index (χ3v) is 3.25. The molecule has 0 heterocycles. The van der Waals surface area contributed by atoms with Gasteiger partial charge >= 0.3 is 0 Å². The van der Waals surface area contributed by atoms with Crippen LogP contribution >= 0.6 is 0 Å². The Balaban J connectivity index is 2.56. The summed E-state index contributed by atoms with van der Waals surface area (Å²) in [5, 5.41) is 20.3. The summed E-state index contributed by atoms with van der Waals surface area (Å²) >= 11 is 0. The number of aliphatic hydroxyl groups excluding tert-OH is 1. The molecule has 0 unspecified atom stereocenters. The van der Waals surface area contributed by atoms with Crippen LogP contribution in [0.5, 0.6) is 0 Å². The van der Waals surface area contributed by atoms with Crippen LogP contribution in [0.25, 0.3) is 0 Å². The van der Waals surface area contributed by atoms with Crippen LogP contribution in [0.15, 0.2) is 35.9 Å². The van der Waals surface area contributed by atoms with Crippen molar-refractivity contribution in [2.45, 2.75) is 25.6 Å². The monoisotopic (exact) mass is 246 g/mol. The van der Waals surface area contributed by atoms with Gasteiger partial charge in [0.2, 0.25) is 0 Å². The van der Waals surface area contributed by atoms with Crippen LogP contribution in [0.1, 0.15) is 18.1 Å². The van der Waals surface area contributed by atoms with E-state index in [1.807, 2.05) is 6.92 Å². The van der Waals surface area contributed by atoms with E-state index in [0.717, 1.165) is 11.6 Å². The molecule has 0 amide bonds. The lowest BCUT2D eigenvalue weighted by Crippen LogP contribution is -2.53. The molecular weight excluding hydrogens is 232 g/mol. The van der Waals surface area contributed by atoms with Gasteiger partial charge in [0.1, 0.15) is 0 Å². The van der Waals surface area contributed by atoms with Crippen LogP contribution in [0.3, 0.4) is 0 Å². The third kappa shape index (κ3) is 1.70. The second kappa shape index (κ2) is 4.15. The standard InChI is InChI=1S/C14H14O4/c1-8-3-5-10(6-4-8)14(18)11(15)7-9(2)12(16)13(14)17/h3-7,13,17-18H,1-2H3/t13-,14+/m1/s1. The first-order chi connectivity index (χ1) is 8.37. The van der Waals surface area contributed by atoms with Gasteiger partial charge in [0, 0.05) is 0 Å². The van der Waals surface area contributed by atoms with Crippen molar-refractivity contribution < 1.29 is 19.8 Å². The second-order valence-corrected chi connectivity index (χ2v) is 4.59. The summed E-state index contributed by atoms with van der Waals surface area (Å²) < 4.78 is 0. The average Bonchev–Trinajstić information content (AvgIpc) is 2.35. The molecule has 1 aromatic rings. The summed E-state index contributed by atoms with van der Waals surface area (Å²) in [5.74, 6) is -1.30. The molecule has 0 aliphatic heterocycles. The molecule has 0 aromatic heterocycles. The Morgan fingerprint density at radius 3 is 2.22 bits per heavy atom. The number of benzene rings is 1. The fourth-order valence-corrected chi connectivity index (χ4v) is 2.03. The maximum absolute atomic E-state index is 11.9. The first-order valence-electron chi connectivity index (χ1n) is 5.62. The number of rotatable bonds is 1. The molecule has 1 aromatic carbocycles. The summed E-state index contributed by atoms with van der Waals surface area (Å²) in [6.07, 6.45) is -0.674. The van der Waals surface area contributed by atoms with E-state index in [4.69, 9.17) is 0 Å². The molecule has 0 saturated carbocycles. The molecule has 1 aliphatic rings. The molecule has 0 fully saturated rings. The van der Waals surface area contributed by atoms with Crippen molar-refractivity contribution >= 4 is 11.6 Å². The van der Waals surface area contributed by atoms with Crippen molar-refractivity contribution in [1.82, 2.24) is 0 Å². The number of aliphatic hydroxyl groups is 2. The minimum atomic E-state index is -2.18. The Kier molecular flexibility index (Phi) is 2.92. The van der Waals surface area contributed by atoms with E-state index in [9.17, 15) is 19.8 Å². The molecule has 2 rings (SSSR count). The van der Waals surface area contributed by atoms with Gasteiger partial charge in [-0.05, 0) is 31.1 Å². The van der Waals surface area contributed by atoms with E-state index in [1.165, 1.54) is 19.1 Å². The van der Waals surface area contributed by atoms with Crippen LogP contribution in [-0.4, -0.2) is 27.9 Å². The number of hydrogen-bond donors (Lipinski definition) is 2. The van der Waals surface area contributed by atoms with Gasteiger partial charge in [0.05, 0.1) is 0 Å². The van der Waals surface area contributed by atoms with Crippen molar-refractivity contribution in [2.75, 3.05) is 0 Å². The highest BCUT2D eigenvalue weighted by atomic mass is 16.4. The Morgan fingerprint density at radius 1 is 1.11 bits per heavy atom. The van der Waals surface area contributed by atoms with Gasteiger partial charge in [-0.15, -0.1) is 0 Å². The van der Waals surface area contributed by atoms with Crippen LogP contribution in [0.4, 0.5) is 0 Å². The zero-order valence-electron chi connectivity index (χ0n) is 10.2. The normalized spacial score (nSPS) is 28.2. The summed E-state index contributed by atoms with van der Waals surface area (Å²) in [7, 11) is 0. The first-order valence-corrected chi connectivity index (χ1v) is 5.62. The number of hydrogen-bond acceptors (Lipinski definition) is 4. The van der Waals surface area contributed by atoms with Crippen molar-refractivity contribution in [3.05, 3.63) is 47.0 Å².